The predicted molar refractivity (Wildman–Crippen MR) is 114 cm³/mol. The number of carbonyl (C=O) groups excluding carboxylic acids is 1. The van der Waals surface area contributed by atoms with Gasteiger partial charge in [0, 0.05) is 10.7 Å². The Morgan fingerprint density at radius 3 is 2.54 bits per heavy atom. The second-order valence-corrected chi connectivity index (χ2v) is 7.51. The third kappa shape index (κ3) is 3.69. The molecule has 3 aromatic carbocycles. The van der Waals surface area contributed by atoms with E-state index < -0.39 is 0 Å². The van der Waals surface area contributed by atoms with Crippen molar-refractivity contribution in [2.75, 3.05) is 5.32 Å². The van der Waals surface area contributed by atoms with Crippen molar-refractivity contribution >= 4 is 69.1 Å². The average molecular weight is 452 g/mol. The van der Waals surface area contributed by atoms with Crippen LogP contribution < -0.4 is 5.32 Å². The zero-order chi connectivity index (χ0) is 19.8. The zero-order valence-corrected chi connectivity index (χ0v) is 17.0. The van der Waals surface area contributed by atoms with Crippen molar-refractivity contribution in [3.8, 4) is 11.5 Å². The molecule has 4 rings (SSSR count). The molecule has 0 aliphatic heterocycles. The molecule has 28 heavy (non-hydrogen) atoms. The van der Waals surface area contributed by atoms with Crippen LogP contribution in [0.2, 0.25) is 20.1 Å². The first-order valence-electron chi connectivity index (χ1n) is 8.04. The van der Waals surface area contributed by atoms with Crippen LogP contribution in [0.15, 0.2) is 59.0 Å². The first-order chi connectivity index (χ1) is 13.4. The van der Waals surface area contributed by atoms with E-state index in [1.807, 2.05) is 0 Å². The number of hydrogen-bond acceptors (Lipinski definition) is 3. The number of benzene rings is 3. The number of rotatable bonds is 3. The lowest BCUT2D eigenvalue weighted by molar-refractivity contribution is 0.102. The maximum Gasteiger partial charge on any atom is 0.257 e. The fourth-order valence-corrected chi connectivity index (χ4v) is 3.54. The molecule has 4 aromatic rings. The van der Waals surface area contributed by atoms with Crippen molar-refractivity contribution in [1.29, 1.82) is 0 Å². The minimum Gasteiger partial charge on any atom is -0.436 e. The Hall–Kier alpha value is -2.24. The van der Waals surface area contributed by atoms with Gasteiger partial charge in [-0.2, -0.15) is 0 Å². The molecule has 0 aliphatic carbocycles. The summed E-state index contributed by atoms with van der Waals surface area (Å²) in [4.78, 5) is 16.9. The molecule has 8 heteroatoms. The van der Waals surface area contributed by atoms with E-state index in [1.54, 1.807) is 48.5 Å². The van der Waals surface area contributed by atoms with E-state index in [4.69, 9.17) is 50.8 Å². The van der Waals surface area contributed by atoms with Crippen LogP contribution in [0.4, 0.5) is 5.69 Å². The Bertz CT molecular complexity index is 1220. The molecule has 0 spiro atoms. The molecule has 0 atom stereocenters. The number of aromatic nitrogens is 1. The fourth-order valence-electron chi connectivity index (χ4n) is 2.66. The van der Waals surface area contributed by atoms with E-state index in [2.05, 4.69) is 10.3 Å². The van der Waals surface area contributed by atoms with Gasteiger partial charge >= 0.3 is 0 Å². The Morgan fingerprint density at radius 2 is 1.75 bits per heavy atom. The summed E-state index contributed by atoms with van der Waals surface area (Å²) in [6, 6.07) is 15.0. The van der Waals surface area contributed by atoms with Crippen LogP contribution in [0.1, 0.15) is 10.4 Å². The number of anilines is 1. The summed E-state index contributed by atoms with van der Waals surface area (Å²) in [6.07, 6.45) is 0. The van der Waals surface area contributed by atoms with Crippen molar-refractivity contribution < 1.29 is 9.21 Å². The quantitative estimate of drug-likeness (QED) is 0.354. The summed E-state index contributed by atoms with van der Waals surface area (Å²) < 4.78 is 5.76. The summed E-state index contributed by atoms with van der Waals surface area (Å²) in [6.45, 7) is 0. The van der Waals surface area contributed by atoms with Crippen LogP contribution in [0, 0.1) is 0 Å². The van der Waals surface area contributed by atoms with Crippen LogP contribution >= 0.6 is 46.4 Å². The molecule has 0 saturated heterocycles. The Balaban J connectivity index is 1.65. The van der Waals surface area contributed by atoms with E-state index >= 15 is 0 Å². The number of oxazole rings is 1. The number of amides is 1. The maximum absolute atomic E-state index is 12.5. The molecule has 0 radical (unpaired) electrons. The highest BCUT2D eigenvalue weighted by Gasteiger charge is 2.15. The van der Waals surface area contributed by atoms with Gasteiger partial charge in [-0.15, -0.1) is 0 Å². The van der Waals surface area contributed by atoms with Gasteiger partial charge < -0.3 is 9.73 Å². The van der Waals surface area contributed by atoms with Crippen molar-refractivity contribution in [2.24, 2.45) is 0 Å². The van der Waals surface area contributed by atoms with Gasteiger partial charge in [-0.1, -0.05) is 52.5 Å². The Morgan fingerprint density at radius 1 is 0.929 bits per heavy atom. The molecule has 0 unspecified atom stereocenters. The smallest absolute Gasteiger partial charge is 0.257 e. The van der Waals surface area contributed by atoms with E-state index in [0.29, 0.717) is 48.9 Å². The summed E-state index contributed by atoms with van der Waals surface area (Å²) >= 11 is 24.3. The summed E-state index contributed by atoms with van der Waals surface area (Å²) in [7, 11) is 0. The van der Waals surface area contributed by atoms with Crippen molar-refractivity contribution in [3.05, 3.63) is 80.3 Å². The molecular weight excluding hydrogens is 442 g/mol. The number of carbonyl (C=O) groups is 1. The number of halogens is 4. The minimum atomic E-state index is -0.359. The summed E-state index contributed by atoms with van der Waals surface area (Å²) in [5.74, 6) is -0.0191. The number of nitrogens with zero attached hydrogens (tertiary/aromatic N) is 1. The fraction of sp³-hybridized carbons (Fsp3) is 0. The van der Waals surface area contributed by atoms with Crippen molar-refractivity contribution in [1.82, 2.24) is 4.98 Å². The van der Waals surface area contributed by atoms with Gasteiger partial charge in [0.25, 0.3) is 5.91 Å². The molecule has 0 aliphatic rings. The lowest BCUT2D eigenvalue weighted by atomic mass is 10.2. The number of nitrogens with one attached hydrogen (secondary N) is 1. The van der Waals surface area contributed by atoms with Crippen LogP contribution in [0.5, 0.6) is 0 Å². The SMILES string of the molecule is O=C(Nc1ccc2oc(-c3cccc(Cl)c3Cl)nc2c1)c1ccc(Cl)cc1Cl. The third-order valence-corrected chi connectivity index (χ3v) is 5.37. The lowest BCUT2D eigenvalue weighted by Gasteiger charge is -2.06. The Kier molecular flexibility index (Phi) is 5.21. The third-order valence-electron chi connectivity index (χ3n) is 4.00. The second-order valence-electron chi connectivity index (χ2n) is 5.88. The minimum absolute atomic E-state index is 0.269. The van der Waals surface area contributed by atoms with E-state index in [1.165, 1.54) is 6.07 Å². The Labute approximate surface area is 180 Å². The first-order valence-corrected chi connectivity index (χ1v) is 9.55. The highest BCUT2D eigenvalue weighted by molar-refractivity contribution is 6.43. The van der Waals surface area contributed by atoms with Crippen molar-refractivity contribution in [3.63, 3.8) is 0 Å². The lowest BCUT2D eigenvalue weighted by Crippen LogP contribution is -2.12. The molecule has 1 N–H and O–H groups in total. The number of fused-ring (bicyclic) bond motifs is 1. The zero-order valence-electron chi connectivity index (χ0n) is 14.0. The van der Waals surface area contributed by atoms with Gasteiger partial charge in [-0.05, 0) is 48.5 Å². The van der Waals surface area contributed by atoms with E-state index in [9.17, 15) is 4.79 Å². The molecule has 1 aromatic heterocycles. The van der Waals surface area contributed by atoms with Gasteiger partial charge in [0.1, 0.15) is 5.52 Å². The summed E-state index contributed by atoms with van der Waals surface area (Å²) in [5, 5.41) is 4.28. The monoisotopic (exact) mass is 450 g/mol. The van der Waals surface area contributed by atoms with Gasteiger partial charge in [-0.3, -0.25) is 4.79 Å². The van der Waals surface area contributed by atoms with Crippen LogP contribution in [0.3, 0.4) is 0 Å². The predicted octanol–water partition coefficient (Wildman–Crippen LogP) is 7.36. The van der Waals surface area contributed by atoms with E-state index in [0.717, 1.165) is 0 Å². The second kappa shape index (κ2) is 7.64. The van der Waals surface area contributed by atoms with Gasteiger partial charge in [-0.25, -0.2) is 4.98 Å². The van der Waals surface area contributed by atoms with Gasteiger partial charge in [0.05, 0.1) is 26.2 Å². The molecule has 1 amide bonds. The van der Waals surface area contributed by atoms with Crippen LogP contribution in [-0.4, -0.2) is 10.9 Å². The molecule has 4 nitrogen and oxygen atoms in total. The summed E-state index contributed by atoms with van der Waals surface area (Å²) in [5.41, 5.74) is 2.56. The standard InChI is InChI=1S/C20H10Cl4N2O2/c21-10-4-6-12(15(23)8-10)19(27)25-11-5-7-17-16(9-11)26-20(28-17)13-2-1-3-14(22)18(13)24/h1-9H,(H,25,27). The highest BCUT2D eigenvalue weighted by Crippen LogP contribution is 2.35. The average Bonchev–Trinajstić information content (AvgIpc) is 3.07. The molecule has 0 bridgehead atoms. The largest absolute Gasteiger partial charge is 0.436 e. The van der Waals surface area contributed by atoms with Crippen molar-refractivity contribution in [2.45, 2.75) is 0 Å². The van der Waals surface area contributed by atoms with Gasteiger partial charge in [0.15, 0.2) is 5.58 Å². The highest BCUT2D eigenvalue weighted by atomic mass is 35.5. The molecule has 0 saturated carbocycles. The number of hydrogen-bond donors (Lipinski definition) is 1. The topological polar surface area (TPSA) is 55.1 Å². The molecule has 1 heterocycles. The maximum atomic E-state index is 12.5. The van der Waals surface area contributed by atoms with E-state index in [-0.39, 0.29) is 10.9 Å². The normalized spacial score (nSPS) is 11.0. The molecular formula is C20H10Cl4N2O2. The first kappa shape index (κ1) is 19.1. The van der Waals surface area contributed by atoms with Gasteiger partial charge in [0.2, 0.25) is 5.89 Å². The molecule has 0 fully saturated rings. The molecule has 140 valence electrons. The van der Waals surface area contributed by atoms with Crippen LogP contribution in [-0.2, 0) is 0 Å². The van der Waals surface area contributed by atoms with Crippen LogP contribution in [0.25, 0.3) is 22.6 Å².